The minimum Gasteiger partial charge on any atom is -0.299 e. The number of hydrogen-bond acceptors (Lipinski definition) is 5. The summed E-state index contributed by atoms with van der Waals surface area (Å²) in [4.78, 5) is 19.2. The number of fused-ring (bicyclic) bond motifs is 3. The van der Waals surface area contributed by atoms with Crippen molar-refractivity contribution in [3.63, 3.8) is 0 Å². The number of ketones is 1. The molecular weight excluding hydrogens is 368 g/mol. The highest BCUT2D eigenvalue weighted by Gasteiger charge is 2.33. The van der Waals surface area contributed by atoms with Crippen molar-refractivity contribution in [1.82, 2.24) is 14.8 Å². The lowest BCUT2D eigenvalue weighted by Gasteiger charge is -2.19. The quantitative estimate of drug-likeness (QED) is 0.640. The first-order chi connectivity index (χ1) is 13.3. The number of rotatable bonds is 3. The highest BCUT2D eigenvalue weighted by atomic mass is 32.1. The van der Waals surface area contributed by atoms with E-state index in [0.717, 1.165) is 27.7 Å². The Morgan fingerprint density at radius 3 is 2.57 bits per heavy atom. The third-order valence-corrected chi connectivity index (χ3v) is 6.45. The van der Waals surface area contributed by atoms with Gasteiger partial charge in [0.2, 0.25) is 0 Å². The fourth-order valence-corrected chi connectivity index (χ4v) is 4.53. The first-order valence-electron chi connectivity index (χ1n) is 9.44. The van der Waals surface area contributed by atoms with Crippen LogP contribution in [-0.4, -0.2) is 26.3 Å². The van der Waals surface area contributed by atoms with Crippen molar-refractivity contribution in [3.05, 3.63) is 64.1 Å². The average Bonchev–Trinajstić information content (AvgIpc) is 3.21. The smallest absolute Gasteiger partial charge is 0.163 e. The van der Waals surface area contributed by atoms with Gasteiger partial charge in [0, 0.05) is 27.8 Å². The molecule has 28 heavy (non-hydrogen) atoms. The number of aliphatic imine (C=N–C) groups is 1. The Morgan fingerprint density at radius 2 is 1.89 bits per heavy atom. The number of thiophene rings is 1. The molecule has 0 aliphatic carbocycles. The lowest BCUT2D eigenvalue weighted by molar-refractivity contribution is -0.126. The molecule has 144 valence electrons. The second-order valence-corrected chi connectivity index (χ2v) is 9.46. The molecule has 0 saturated carbocycles. The first kappa shape index (κ1) is 18.7. The zero-order valence-electron chi connectivity index (χ0n) is 16.9. The predicted octanol–water partition coefficient (Wildman–Crippen LogP) is 4.84. The van der Waals surface area contributed by atoms with Gasteiger partial charge in [-0.25, -0.2) is 0 Å². The van der Waals surface area contributed by atoms with Gasteiger partial charge in [0.1, 0.15) is 23.2 Å². The minimum atomic E-state index is -0.420. The van der Waals surface area contributed by atoms with E-state index in [0.29, 0.717) is 6.42 Å². The molecule has 0 fully saturated rings. The van der Waals surface area contributed by atoms with E-state index < -0.39 is 5.41 Å². The number of benzene rings is 1. The van der Waals surface area contributed by atoms with Crippen LogP contribution in [0.2, 0.25) is 0 Å². The molecular formula is C22H24N4OS. The third-order valence-electron chi connectivity index (χ3n) is 5.24. The fourth-order valence-electron chi connectivity index (χ4n) is 3.40. The maximum atomic E-state index is 12.8. The highest BCUT2D eigenvalue weighted by molar-refractivity contribution is 7.15. The number of aryl methyl sites for hydroxylation is 1. The number of carbonyl (C=O) groups is 1. The van der Waals surface area contributed by atoms with E-state index in [9.17, 15) is 4.79 Å². The zero-order valence-corrected chi connectivity index (χ0v) is 17.7. The molecule has 0 unspecified atom stereocenters. The van der Waals surface area contributed by atoms with E-state index in [1.165, 1.54) is 10.4 Å². The molecule has 0 amide bonds. The summed E-state index contributed by atoms with van der Waals surface area (Å²) in [6.45, 7) is 10.1. The maximum Gasteiger partial charge on any atom is 0.163 e. The lowest BCUT2D eigenvalue weighted by atomic mass is 9.87. The average molecular weight is 393 g/mol. The molecule has 1 atom stereocenters. The van der Waals surface area contributed by atoms with Crippen LogP contribution in [0.4, 0.5) is 0 Å². The molecule has 0 spiro atoms. The van der Waals surface area contributed by atoms with Crippen LogP contribution in [0.5, 0.6) is 0 Å². The standard InChI is InChI=1S/C22H24N4OS/c1-13-14(2)28-21-18(13)19(15-9-7-6-8-10-15)24-16(11-17(27)22(3,4)5)20-25-23-12-26(20)21/h6-10,12,16H,11H2,1-5H3/t16-/m0/s1. The van der Waals surface area contributed by atoms with Crippen molar-refractivity contribution in [2.45, 2.75) is 47.1 Å². The van der Waals surface area contributed by atoms with Crippen LogP contribution in [0.1, 0.15) is 60.6 Å². The van der Waals surface area contributed by atoms with Crippen molar-refractivity contribution >= 4 is 22.8 Å². The fraction of sp³-hybridized carbons (Fsp3) is 0.364. The van der Waals surface area contributed by atoms with Crippen molar-refractivity contribution in [1.29, 1.82) is 0 Å². The number of hydrogen-bond donors (Lipinski definition) is 0. The first-order valence-corrected chi connectivity index (χ1v) is 10.3. The normalized spacial score (nSPS) is 16.2. The molecule has 0 radical (unpaired) electrons. The molecule has 2 aromatic heterocycles. The van der Waals surface area contributed by atoms with Crippen LogP contribution in [0.25, 0.3) is 5.00 Å². The highest BCUT2D eigenvalue weighted by Crippen LogP contribution is 2.39. The van der Waals surface area contributed by atoms with E-state index in [-0.39, 0.29) is 11.8 Å². The molecule has 1 aromatic carbocycles. The summed E-state index contributed by atoms with van der Waals surface area (Å²) in [6.07, 6.45) is 2.05. The summed E-state index contributed by atoms with van der Waals surface area (Å²) in [7, 11) is 0. The van der Waals surface area contributed by atoms with Gasteiger partial charge in [0.15, 0.2) is 5.82 Å². The molecule has 1 aliphatic rings. The second kappa shape index (κ2) is 6.78. The van der Waals surface area contributed by atoms with Gasteiger partial charge in [0.25, 0.3) is 0 Å². The van der Waals surface area contributed by atoms with Gasteiger partial charge in [-0.1, -0.05) is 51.1 Å². The summed E-state index contributed by atoms with van der Waals surface area (Å²) in [5.41, 5.74) is 3.88. The van der Waals surface area contributed by atoms with Crippen molar-refractivity contribution in [2.75, 3.05) is 0 Å². The summed E-state index contributed by atoms with van der Waals surface area (Å²) >= 11 is 1.72. The van der Waals surface area contributed by atoms with Gasteiger partial charge in [-0.2, -0.15) is 0 Å². The molecule has 3 aromatic rings. The van der Waals surface area contributed by atoms with Gasteiger partial charge < -0.3 is 0 Å². The summed E-state index contributed by atoms with van der Waals surface area (Å²) in [5, 5.41) is 9.57. The van der Waals surface area contributed by atoms with Crippen molar-refractivity contribution < 1.29 is 4.79 Å². The molecule has 3 heterocycles. The minimum absolute atomic E-state index is 0.168. The zero-order chi connectivity index (χ0) is 20.1. The van der Waals surface area contributed by atoms with Gasteiger partial charge in [-0.15, -0.1) is 21.5 Å². The van der Waals surface area contributed by atoms with E-state index in [2.05, 4.69) is 36.2 Å². The number of nitrogens with zero attached hydrogens (tertiary/aromatic N) is 4. The Morgan fingerprint density at radius 1 is 1.18 bits per heavy atom. The number of aromatic nitrogens is 3. The number of Topliss-reactive ketones (excluding diaryl/α,β-unsaturated/α-hetero) is 1. The molecule has 1 aliphatic heterocycles. The Bertz CT molecular complexity index is 1070. The molecule has 6 heteroatoms. The molecule has 0 bridgehead atoms. The van der Waals surface area contributed by atoms with E-state index >= 15 is 0 Å². The lowest BCUT2D eigenvalue weighted by Crippen LogP contribution is -2.23. The van der Waals surface area contributed by atoms with Crippen LogP contribution < -0.4 is 0 Å². The molecule has 0 N–H and O–H groups in total. The summed E-state index contributed by atoms with van der Waals surface area (Å²) in [6, 6.07) is 9.83. The van der Waals surface area contributed by atoms with Gasteiger partial charge in [-0.3, -0.25) is 14.4 Å². The Hall–Kier alpha value is -2.60. The van der Waals surface area contributed by atoms with Crippen LogP contribution >= 0.6 is 11.3 Å². The Kier molecular flexibility index (Phi) is 4.54. The SMILES string of the molecule is Cc1sc2c(c1C)C(c1ccccc1)=N[C@@H](CC(=O)C(C)(C)C)c1nncn1-2. The second-order valence-electron chi connectivity index (χ2n) is 8.26. The largest absolute Gasteiger partial charge is 0.299 e. The van der Waals surface area contributed by atoms with Gasteiger partial charge in [-0.05, 0) is 19.4 Å². The summed E-state index contributed by atoms with van der Waals surface area (Å²) < 4.78 is 2.01. The Labute approximate surface area is 169 Å². The third kappa shape index (κ3) is 3.11. The Balaban J connectivity index is 1.94. The maximum absolute atomic E-state index is 12.8. The van der Waals surface area contributed by atoms with E-state index in [1.54, 1.807) is 17.7 Å². The molecule has 0 saturated heterocycles. The van der Waals surface area contributed by atoms with Gasteiger partial charge in [0.05, 0.1) is 5.71 Å². The van der Waals surface area contributed by atoms with Crippen LogP contribution in [0, 0.1) is 19.3 Å². The monoisotopic (exact) mass is 392 g/mol. The van der Waals surface area contributed by atoms with Crippen LogP contribution in [0.3, 0.4) is 0 Å². The molecule has 4 rings (SSSR count). The predicted molar refractivity (Wildman–Crippen MR) is 113 cm³/mol. The van der Waals surface area contributed by atoms with Crippen molar-refractivity contribution in [2.24, 2.45) is 10.4 Å². The van der Waals surface area contributed by atoms with E-state index in [1.807, 2.05) is 43.5 Å². The van der Waals surface area contributed by atoms with Crippen molar-refractivity contribution in [3.8, 4) is 5.00 Å². The van der Waals surface area contributed by atoms with Crippen LogP contribution in [-0.2, 0) is 4.79 Å². The van der Waals surface area contributed by atoms with Crippen LogP contribution in [0.15, 0.2) is 41.7 Å². The summed E-state index contributed by atoms with van der Waals surface area (Å²) in [5.74, 6) is 0.896. The topological polar surface area (TPSA) is 60.1 Å². The molecule has 5 nitrogen and oxygen atoms in total. The number of carbonyl (C=O) groups excluding carboxylic acids is 1. The van der Waals surface area contributed by atoms with E-state index in [4.69, 9.17) is 4.99 Å². The van der Waals surface area contributed by atoms with Gasteiger partial charge >= 0.3 is 0 Å².